The topological polar surface area (TPSA) is 55.6 Å². The third-order valence-corrected chi connectivity index (χ3v) is 5.50. The molecule has 0 N–H and O–H groups in total. The van der Waals surface area contributed by atoms with Crippen LogP contribution in [0.3, 0.4) is 0 Å². The van der Waals surface area contributed by atoms with Gasteiger partial charge in [-0.2, -0.15) is 0 Å². The summed E-state index contributed by atoms with van der Waals surface area (Å²) in [5, 5.41) is 0. The zero-order chi connectivity index (χ0) is 18.6. The fourth-order valence-electron chi connectivity index (χ4n) is 3.16. The van der Waals surface area contributed by atoms with Crippen LogP contribution in [0, 0.1) is 0 Å². The van der Waals surface area contributed by atoms with Gasteiger partial charge >= 0.3 is 0 Å². The number of hydrogen-bond acceptors (Lipinski definition) is 5. The Morgan fingerprint density at radius 2 is 2.04 bits per heavy atom. The lowest BCUT2D eigenvalue weighted by Gasteiger charge is -2.16. The van der Waals surface area contributed by atoms with E-state index in [2.05, 4.69) is 11.1 Å². The standard InChI is InChI=1S/C21H20N2O3S/c1-25-18-8-6-16(7-9-18)21-22-17(12-26-21)13-27-14-20(24)23-11-10-15-4-2-3-5-19(15)23/h2-9,12H,10-11,13-14H2,1H3. The number of carbonyl (C=O) groups excluding carboxylic acids is 1. The van der Waals surface area contributed by atoms with Crippen molar-refractivity contribution in [3.05, 3.63) is 66.1 Å². The zero-order valence-electron chi connectivity index (χ0n) is 15.1. The van der Waals surface area contributed by atoms with Crippen LogP contribution >= 0.6 is 11.8 Å². The molecule has 5 nitrogen and oxygen atoms in total. The maximum absolute atomic E-state index is 12.5. The van der Waals surface area contributed by atoms with E-state index in [1.54, 1.807) is 25.1 Å². The van der Waals surface area contributed by atoms with Gasteiger partial charge in [-0.1, -0.05) is 18.2 Å². The van der Waals surface area contributed by atoms with Gasteiger partial charge in [-0.15, -0.1) is 11.8 Å². The molecule has 4 rings (SSSR count). The van der Waals surface area contributed by atoms with Gasteiger partial charge in [-0.25, -0.2) is 4.98 Å². The molecule has 0 atom stereocenters. The van der Waals surface area contributed by atoms with E-state index in [0.29, 0.717) is 17.4 Å². The average molecular weight is 380 g/mol. The number of ether oxygens (including phenoxy) is 1. The second kappa shape index (κ2) is 7.88. The van der Waals surface area contributed by atoms with Crippen LogP contribution in [0.5, 0.6) is 5.75 Å². The quantitative estimate of drug-likeness (QED) is 0.642. The van der Waals surface area contributed by atoms with Crippen LogP contribution in [0.2, 0.25) is 0 Å². The van der Waals surface area contributed by atoms with Gasteiger partial charge < -0.3 is 14.1 Å². The Morgan fingerprint density at radius 3 is 2.85 bits per heavy atom. The van der Waals surface area contributed by atoms with Gasteiger partial charge in [-0.05, 0) is 42.3 Å². The molecule has 2 heterocycles. The molecule has 0 fully saturated rings. The van der Waals surface area contributed by atoms with Gasteiger partial charge in [0.1, 0.15) is 12.0 Å². The molecule has 1 aliphatic heterocycles. The number of methoxy groups -OCH3 is 1. The van der Waals surface area contributed by atoms with Crippen molar-refractivity contribution in [2.24, 2.45) is 0 Å². The number of carbonyl (C=O) groups is 1. The summed E-state index contributed by atoms with van der Waals surface area (Å²) in [6.45, 7) is 0.768. The first-order valence-electron chi connectivity index (χ1n) is 8.79. The molecule has 0 spiro atoms. The first kappa shape index (κ1) is 17.7. The van der Waals surface area contributed by atoms with E-state index in [0.717, 1.165) is 35.7 Å². The van der Waals surface area contributed by atoms with E-state index in [4.69, 9.17) is 9.15 Å². The number of fused-ring (bicyclic) bond motifs is 1. The van der Waals surface area contributed by atoms with Crippen LogP contribution in [0.4, 0.5) is 5.69 Å². The predicted molar refractivity (Wildman–Crippen MR) is 107 cm³/mol. The Balaban J connectivity index is 1.32. The van der Waals surface area contributed by atoms with Crippen molar-refractivity contribution in [3.63, 3.8) is 0 Å². The summed E-state index contributed by atoms with van der Waals surface area (Å²) in [5.41, 5.74) is 4.03. The molecule has 1 aliphatic rings. The number of oxazole rings is 1. The van der Waals surface area contributed by atoms with Crippen LogP contribution in [-0.4, -0.2) is 30.3 Å². The Labute approximate surface area is 162 Å². The molecule has 0 saturated heterocycles. The number of anilines is 1. The summed E-state index contributed by atoms with van der Waals surface area (Å²) in [6, 6.07) is 15.7. The molecule has 1 amide bonds. The van der Waals surface area contributed by atoms with Crippen LogP contribution in [0.25, 0.3) is 11.5 Å². The van der Waals surface area contributed by atoms with Crippen molar-refractivity contribution in [2.45, 2.75) is 12.2 Å². The summed E-state index contributed by atoms with van der Waals surface area (Å²) in [7, 11) is 1.64. The molecule has 6 heteroatoms. The van der Waals surface area contributed by atoms with Gasteiger partial charge in [0, 0.05) is 23.5 Å². The maximum Gasteiger partial charge on any atom is 0.237 e. The first-order chi connectivity index (χ1) is 13.2. The number of nitrogens with zero attached hydrogens (tertiary/aromatic N) is 2. The van der Waals surface area contributed by atoms with Crippen LogP contribution < -0.4 is 9.64 Å². The Hall–Kier alpha value is -2.73. The van der Waals surface area contributed by atoms with E-state index in [1.165, 1.54) is 5.56 Å². The van der Waals surface area contributed by atoms with Gasteiger partial charge in [0.15, 0.2) is 0 Å². The minimum atomic E-state index is 0.142. The lowest BCUT2D eigenvalue weighted by Crippen LogP contribution is -2.30. The van der Waals surface area contributed by atoms with Gasteiger partial charge in [0.05, 0.1) is 18.6 Å². The molecule has 0 radical (unpaired) electrons. The maximum atomic E-state index is 12.5. The van der Waals surface area contributed by atoms with E-state index < -0.39 is 0 Å². The fourth-order valence-corrected chi connectivity index (χ4v) is 3.93. The molecule has 138 valence electrons. The summed E-state index contributed by atoms with van der Waals surface area (Å²) < 4.78 is 10.7. The lowest BCUT2D eigenvalue weighted by molar-refractivity contribution is -0.116. The SMILES string of the molecule is COc1ccc(-c2nc(CSCC(=O)N3CCc4ccccc43)co2)cc1. The van der Waals surface area contributed by atoms with Gasteiger partial charge in [0.2, 0.25) is 11.8 Å². The van der Waals surface area contributed by atoms with Crippen molar-refractivity contribution >= 4 is 23.4 Å². The lowest BCUT2D eigenvalue weighted by atomic mass is 10.2. The smallest absolute Gasteiger partial charge is 0.237 e. The molecule has 0 bridgehead atoms. The summed E-state index contributed by atoms with van der Waals surface area (Å²) in [6.07, 6.45) is 2.59. The van der Waals surface area contributed by atoms with E-state index in [1.807, 2.05) is 47.4 Å². The van der Waals surface area contributed by atoms with Gasteiger partial charge in [0.25, 0.3) is 0 Å². The molecular formula is C21H20N2O3S. The monoisotopic (exact) mass is 380 g/mol. The number of thioether (sulfide) groups is 1. The molecule has 1 aromatic heterocycles. The molecule has 3 aromatic rings. The number of para-hydroxylation sites is 1. The summed E-state index contributed by atoms with van der Waals surface area (Å²) in [4.78, 5) is 18.9. The second-order valence-electron chi connectivity index (χ2n) is 6.29. The molecule has 27 heavy (non-hydrogen) atoms. The number of aromatic nitrogens is 1. The third kappa shape index (κ3) is 3.85. The minimum Gasteiger partial charge on any atom is -0.497 e. The molecule has 2 aromatic carbocycles. The fraction of sp³-hybridized carbons (Fsp3) is 0.238. The zero-order valence-corrected chi connectivity index (χ0v) is 15.9. The van der Waals surface area contributed by atoms with Crippen molar-refractivity contribution in [1.82, 2.24) is 4.98 Å². The number of amides is 1. The number of benzene rings is 2. The average Bonchev–Trinajstić information content (AvgIpc) is 3.35. The highest BCUT2D eigenvalue weighted by molar-refractivity contribution is 7.99. The van der Waals surface area contributed by atoms with Gasteiger partial charge in [-0.3, -0.25) is 4.79 Å². The van der Waals surface area contributed by atoms with Crippen LogP contribution in [-0.2, 0) is 17.0 Å². The highest BCUT2D eigenvalue weighted by Crippen LogP contribution is 2.28. The Morgan fingerprint density at radius 1 is 1.22 bits per heavy atom. The number of rotatable bonds is 6. The second-order valence-corrected chi connectivity index (χ2v) is 7.27. The molecule has 0 saturated carbocycles. The Bertz CT molecular complexity index is 937. The van der Waals surface area contributed by atoms with Crippen molar-refractivity contribution < 1.29 is 13.9 Å². The molecular weight excluding hydrogens is 360 g/mol. The molecule has 0 unspecified atom stereocenters. The largest absolute Gasteiger partial charge is 0.497 e. The highest BCUT2D eigenvalue weighted by Gasteiger charge is 2.23. The van der Waals surface area contributed by atoms with Crippen LogP contribution in [0.1, 0.15) is 11.3 Å². The van der Waals surface area contributed by atoms with E-state index in [9.17, 15) is 4.79 Å². The normalized spacial score (nSPS) is 12.9. The van der Waals surface area contributed by atoms with Crippen molar-refractivity contribution in [2.75, 3.05) is 24.3 Å². The van der Waals surface area contributed by atoms with Crippen molar-refractivity contribution in [1.29, 1.82) is 0 Å². The highest BCUT2D eigenvalue weighted by atomic mass is 32.2. The minimum absolute atomic E-state index is 0.142. The summed E-state index contributed by atoms with van der Waals surface area (Å²) in [5.74, 6) is 2.58. The van der Waals surface area contributed by atoms with Crippen molar-refractivity contribution in [3.8, 4) is 17.2 Å². The molecule has 0 aliphatic carbocycles. The first-order valence-corrected chi connectivity index (χ1v) is 9.95. The van der Waals surface area contributed by atoms with Crippen LogP contribution in [0.15, 0.2) is 59.2 Å². The van der Waals surface area contributed by atoms with E-state index >= 15 is 0 Å². The third-order valence-electron chi connectivity index (χ3n) is 4.55. The number of hydrogen-bond donors (Lipinski definition) is 0. The van der Waals surface area contributed by atoms with E-state index in [-0.39, 0.29) is 5.91 Å². The summed E-state index contributed by atoms with van der Waals surface area (Å²) >= 11 is 1.56. The Kier molecular flexibility index (Phi) is 5.16. The predicted octanol–water partition coefficient (Wildman–Crippen LogP) is 4.17.